The molecule has 13 heteroatoms. The van der Waals surface area contributed by atoms with E-state index in [1.54, 1.807) is 30.1 Å². The van der Waals surface area contributed by atoms with Crippen molar-refractivity contribution >= 4 is 40.6 Å². The van der Waals surface area contributed by atoms with Gasteiger partial charge in [-0.3, -0.25) is 14.2 Å². The van der Waals surface area contributed by atoms with Crippen molar-refractivity contribution in [2.45, 2.75) is 24.2 Å². The zero-order valence-corrected chi connectivity index (χ0v) is 26.6. The first-order valence-electron chi connectivity index (χ1n) is 14.3. The Morgan fingerprint density at radius 2 is 1.83 bits per heavy atom. The summed E-state index contributed by atoms with van der Waals surface area (Å²) in [6.45, 7) is 0.0318. The number of hydrogen-bond donors (Lipinski definition) is 1. The quantitative estimate of drug-likeness (QED) is 0.177. The Morgan fingerprint density at radius 3 is 2.57 bits per heavy atom. The fourth-order valence-corrected chi connectivity index (χ4v) is 6.72. The van der Waals surface area contributed by atoms with Crippen LogP contribution in [-0.4, -0.2) is 57.3 Å². The van der Waals surface area contributed by atoms with Crippen LogP contribution in [0.15, 0.2) is 101 Å². The van der Waals surface area contributed by atoms with Gasteiger partial charge in [-0.05, 0) is 47.8 Å². The lowest BCUT2D eigenvalue weighted by molar-refractivity contribution is -0.130. The van der Waals surface area contributed by atoms with Crippen molar-refractivity contribution in [2.75, 3.05) is 20.0 Å². The van der Waals surface area contributed by atoms with E-state index in [1.807, 2.05) is 66.0 Å². The van der Waals surface area contributed by atoms with Crippen molar-refractivity contribution in [2.24, 2.45) is 5.10 Å². The van der Waals surface area contributed by atoms with Crippen molar-refractivity contribution < 1.29 is 23.5 Å². The number of nitrogens with zero attached hydrogens (tertiary/aromatic N) is 5. The van der Waals surface area contributed by atoms with Gasteiger partial charge >= 0.3 is 0 Å². The number of rotatable bonds is 11. The van der Waals surface area contributed by atoms with Crippen LogP contribution < -0.4 is 14.8 Å². The molecule has 5 aromatic rings. The van der Waals surface area contributed by atoms with Crippen LogP contribution in [0.5, 0.6) is 11.5 Å². The molecule has 2 aromatic heterocycles. The van der Waals surface area contributed by atoms with E-state index in [-0.39, 0.29) is 23.8 Å². The monoisotopic (exact) mass is 656 g/mol. The molecule has 0 unspecified atom stereocenters. The topological polar surface area (TPSA) is 111 Å². The molecule has 46 heavy (non-hydrogen) atoms. The van der Waals surface area contributed by atoms with Gasteiger partial charge in [0.05, 0.1) is 43.1 Å². The van der Waals surface area contributed by atoms with E-state index in [1.165, 1.54) is 41.0 Å². The summed E-state index contributed by atoms with van der Waals surface area (Å²) >= 11 is 2.78. The maximum Gasteiger partial charge on any atom is 0.253 e. The molecule has 0 bridgehead atoms. The summed E-state index contributed by atoms with van der Waals surface area (Å²) in [6.07, 6.45) is 0.510. The second-order valence-electron chi connectivity index (χ2n) is 10.1. The summed E-state index contributed by atoms with van der Waals surface area (Å²) < 4.78 is 26.7. The molecule has 3 heterocycles. The van der Waals surface area contributed by atoms with Gasteiger partial charge in [0.2, 0.25) is 0 Å². The lowest BCUT2D eigenvalue weighted by Gasteiger charge is -2.24. The van der Waals surface area contributed by atoms with Gasteiger partial charge in [0, 0.05) is 23.2 Å². The molecule has 2 amide bonds. The molecule has 10 nitrogen and oxygen atoms in total. The summed E-state index contributed by atoms with van der Waals surface area (Å²) in [6, 6.07) is 24.0. The smallest absolute Gasteiger partial charge is 0.253 e. The summed E-state index contributed by atoms with van der Waals surface area (Å²) in [5.74, 6) is 0.416. The number of thiophene rings is 1. The van der Waals surface area contributed by atoms with Gasteiger partial charge in [-0.1, -0.05) is 54.2 Å². The van der Waals surface area contributed by atoms with Crippen molar-refractivity contribution in [1.29, 1.82) is 0 Å². The fourth-order valence-electron chi connectivity index (χ4n) is 5.18. The molecule has 0 spiro atoms. The molecule has 0 saturated carbocycles. The highest BCUT2D eigenvalue weighted by Crippen LogP contribution is 2.42. The molecule has 0 aliphatic carbocycles. The highest BCUT2D eigenvalue weighted by atomic mass is 32.2. The Hall–Kier alpha value is -5.01. The number of para-hydroxylation sites is 2. The molecule has 0 radical (unpaired) electrons. The first kappa shape index (κ1) is 31.0. The summed E-state index contributed by atoms with van der Waals surface area (Å²) in [5, 5.41) is 20.2. The van der Waals surface area contributed by atoms with Crippen LogP contribution in [0, 0.1) is 5.82 Å². The number of thioether (sulfide) groups is 1. The number of benzene rings is 3. The highest BCUT2D eigenvalue weighted by molar-refractivity contribution is 7.99. The van der Waals surface area contributed by atoms with Gasteiger partial charge < -0.3 is 14.8 Å². The Kier molecular flexibility index (Phi) is 9.41. The van der Waals surface area contributed by atoms with Crippen molar-refractivity contribution in [3.63, 3.8) is 0 Å². The summed E-state index contributed by atoms with van der Waals surface area (Å²) in [5.41, 5.74) is 2.56. The average Bonchev–Trinajstić information content (AvgIpc) is 3.86. The predicted molar refractivity (Wildman–Crippen MR) is 174 cm³/mol. The minimum Gasteiger partial charge on any atom is -0.493 e. The number of hydrazone groups is 1. The number of nitrogens with one attached hydrogen (secondary N) is 1. The number of carbonyl (C=O) groups is 2. The summed E-state index contributed by atoms with van der Waals surface area (Å²) in [4.78, 5) is 27.6. The van der Waals surface area contributed by atoms with E-state index in [9.17, 15) is 14.0 Å². The minimum atomic E-state index is -0.500. The van der Waals surface area contributed by atoms with Gasteiger partial charge in [0.1, 0.15) is 5.82 Å². The number of carbonyl (C=O) groups excluding carboxylic acids is 2. The van der Waals surface area contributed by atoms with E-state index in [4.69, 9.17) is 14.6 Å². The Bertz CT molecular complexity index is 1880. The molecule has 1 atom stereocenters. The molecule has 6 rings (SSSR count). The zero-order chi connectivity index (χ0) is 32.0. The van der Waals surface area contributed by atoms with Gasteiger partial charge in [0.15, 0.2) is 22.5 Å². The number of aromatic nitrogens is 3. The first-order chi connectivity index (χ1) is 22.5. The van der Waals surface area contributed by atoms with Crippen LogP contribution in [0.1, 0.15) is 39.1 Å². The van der Waals surface area contributed by atoms with Gasteiger partial charge in [0.25, 0.3) is 11.8 Å². The van der Waals surface area contributed by atoms with Crippen LogP contribution in [-0.2, 0) is 11.3 Å². The Labute approximate surface area is 272 Å². The fraction of sp³-hybridized carbons (Fsp3) is 0.182. The zero-order valence-electron chi connectivity index (χ0n) is 24.9. The molecular weight excluding hydrogens is 628 g/mol. The van der Waals surface area contributed by atoms with Crippen molar-refractivity contribution in [1.82, 2.24) is 25.1 Å². The lowest BCUT2D eigenvalue weighted by atomic mass is 9.99. The highest BCUT2D eigenvalue weighted by Gasteiger charge is 2.36. The molecule has 0 fully saturated rings. The van der Waals surface area contributed by atoms with Crippen LogP contribution in [0.4, 0.5) is 4.39 Å². The minimum absolute atomic E-state index is 0.0185. The molecule has 1 N–H and O–H groups in total. The Balaban J connectivity index is 1.25. The molecule has 1 aliphatic heterocycles. The third-order valence-corrected chi connectivity index (χ3v) is 9.13. The second kappa shape index (κ2) is 14.0. The maximum absolute atomic E-state index is 13.9. The van der Waals surface area contributed by atoms with Gasteiger partial charge in [-0.15, -0.1) is 21.5 Å². The lowest BCUT2D eigenvalue weighted by Crippen LogP contribution is -2.29. The van der Waals surface area contributed by atoms with Crippen molar-refractivity contribution in [3.05, 3.63) is 118 Å². The molecule has 234 valence electrons. The molecular formula is C33H29FN6O4S2. The predicted octanol–water partition coefficient (Wildman–Crippen LogP) is 5.89. The van der Waals surface area contributed by atoms with E-state index in [2.05, 4.69) is 15.5 Å². The van der Waals surface area contributed by atoms with E-state index in [0.717, 1.165) is 21.8 Å². The van der Waals surface area contributed by atoms with E-state index in [0.29, 0.717) is 28.9 Å². The van der Waals surface area contributed by atoms with Crippen molar-refractivity contribution in [3.8, 4) is 17.2 Å². The largest absolute Gasteiger partial charge is 0.493 e. The standard InChI is InChI=1S/C33H29FN6O4S2/c1-43-27-14-7-13-24(31(27)44-2)26-18-25(28-15-8-16-45-28)38-40(26)30(41)20-46-33-37-36-29(39(33)23-11-4-3-5-12-23)19-35-32(42)21-9-6-10-22(34)17-21/h3-17,26H,18-20H2,1-2H3,(H,35,42)/t26-/m1/s1. The normalized spacial score (nSPS) is 14.2. The third-order valence-electron chi connectivity index (χ3n) is 7.30. The van der Waals surface area contributed by atoms with Gasteiger partial charge in [-0.2, -0.15) is 5.10 Å². The van der Waals surface area contributed by atoms with Crippen LogP contribution in [0.25, 0.3) is 5.69 Å². The molecule has 1 aliphatic rings. The number of halogens is 1. The number of ether oxygens (including phenoxy) is 2. The number of amides is 2. The average molecular weight is 657 g/mol. The van der Waals surface area contributed by atoms with E-state index >= 15 is 0 Å². The SMILES string of the molecule is COc1cccc([C@H]2CC(c3cccs3)=NN2C(=O)CSc2nnc(CNC(=O)c3cccc(F)c3)n2-c2ccccc2)c1OC. The number of hydrogen-bond acceptors (Lipinski definition) is 9. The maximum atomic E-state index is 13.9. The van der Waals surface area contributed by atoms with Crippen LogP contribution in [0.3, 0.4) is 0 Å². The van der Waals surface area contributed by atoms with Crippen LogP contribution in [0.2, 0.25) is 0 Å². The number of methoxy groups -OCH3 is 2. The second-order valence-corrected chi connectivity index (χ2v) is 12.0. The first-order valence-corrected chi connectivity index (χ1v) is 16.1. The molecule has 3 aromatic carbocycles. The van der Waals surface area contributed by atoms with E-state index < -0.39 is 17.8 Å². The summed E-state index contributed by atoms with van der Waals surface area (Å²) in [7, 11) is 3.15. The molecule has 0 saturated heterocycles. The van der Waals surface area contributed by atoms with Gasteiger partial charge in [-0.25, -0.2) is 9.40 Å². The Morgan fingerprint density at radius 1 is 1.00 bits per heavy atom. The third kappa shape index (κ3) is 6.51. The van der Waals surface area contributed by atoms with Crippen LogP contribution >= 0.6 is 23.1 Å².